The number of benzene rings is 5. The topological polar surface area (TPSA) is 67.8 Å². The number of rotatable bonds is 10. The van der Waals surface area contributed by atoms with E-state index < -0.39 is 6.29 Å². The first-order chi connectivity index (χ1) is 22.1. The zero-order valence-electron chi connectivity index (χ0n) is 25.2. The van der Waals surface area contributed by atoms with Crippen molar-refractivity contribution in [1.82, 2.24) is 5.32 Å². The monoisotopic (exact) mass is 615 g/mol. The number of carbonyl (C=O) groups is 1. The van der Waals surface area contributed by atoms with Crippen LogP contribution in [0.4, 0.5) is 0 Å². The van der Waals surface area contributed by atoms with Crippen molar-refractivity contribution in [3.8, 4) is 11.1 Å². The van der Waals surface area contributed by atoms with Crippen molar-refractivity contribution in [2.24, 2.45) is 5.92 Å². The summed E-state index contributed by atoms with van der Waals surface area (Å²) in [5, 5.41) is 12.6. The van der Waals surface area contributed by atoms with Crippen LogP contribution in [0.15, 0.2) is 138 Å². The van der Waals surface area contributed by atoms with Gasteiger partial charge in [-0.15, -0.1) is 11.8 Å². The molecule has 1 fully saturated rings. The van der Waals surface area contributed by atoms with Gasteiger partial charge in [-0.05, 0) is 58.1 Å². The van der Waals surface area contributed by atoms with Gasteiger partial charge in [0, 0.05) is 34.2 Å². The molecule has 5 aromatic carbocycles. The fourth-order valence-electron chi connectivity index (χ4n) is 5.57. The van der Waals surface area contributed by atoms with Gasteiger partial charge in [0.05, 0.1) is 18.8 Å². The summed E-state index contributed by atoms with van der Waals surface area (Å²) in [5.74, 6) is 0.846. The van der Waals surface area contributed by atoms with E-state index in [4.69, 9.17) is 9.47 Å². The van der Waals surface area contributed by atoms with E-state index in [0.717, 1.165) is 39.1 Å². The van der Waals surface area contributed by atoms with E-state index in [-0.39, 0.29) is 30.6 Å². The zero-order valence-corrected chi connectivity index (χ0v) is 26.0. The largest absolute Gasteiger partial charge is 0.392 e. The van der Waals surface area contributed by atoms with Gasteiger partial charge in [-0.2, -0.15) is 0 Å². The molecule has 2 N–H and O–H groups in total. The van der Waals surface area contributed by atoms with Crippen LogP contribution in [0.1, 0.15) is 51.9 Å². The predicted molar refractivity (Wildman–Crippen MR) is 180 cm³/mol. The highest BCUT2D eigenvalue weighted by Crippen LogP contribution is 2.43. The summed E-state index contributed by atoms with van der Waals surface area (Å²) in [6.45, 7) is 2.65. The molecule has 228 valence electrons. The van der Waals surface area contributed by atoms with Crippen molar-refractivity contribution in [3.63, 3.8) is 0 Å². The number of aliphatic hydroxyl groups excluding tert-OH is 1. The molecule has 6 rings (SSSR count). The van der Waals surface area contributed by atoms with Gasteiger partial charge < -0.3 is 19.9 Å². The summed E-state index contributed by atoms with van der Waals surface area (Å²) in [4.78, 5) is 13.7. The Morgan fingerprint density at radius 1 is 0.733 bits per heavy atom. The van der Waals surface area contributed by atoms with Crippen LogP contribution in [-0.2, 0) is 22.6 Å². The fourth-order valence-corrected chi connectivity index (χ4v) is 6.66. The highest BCUT2D eigenvalue weighted by Gasteiger charge is 2.38. The van der Waals surface area contributed by atoms with Gasteiger partial charge in [0.2, 0.25) is 0 Å². The van der Waals surface area contributed by atoms with Crippen molar-refractivity contribution in [3.05, 3.63) is 161 Å². The highest BCUT2D eigenvalue weighted by atomic mass is 32.2. The molecule has 0 unspecified atom stereocenters. The third kappa shape index (κ3) is 7.72. The Balaban J connectivity index is 1.18. The number of ether oxygens (including phenoxy) is 2. The van der Waals surface area contributed by atoms with Crippen LogP contribution in [0.3, 0.4) is 0 Å². The van der Waals surface area contributed by atoms with Crippen LogP contribution < -0.4 is 5.32 Å². The molecule has 5 aromatic rings. The average Bonchev–Trinajstić information content (AvgIpc) is 3.11. The summed E-state index contributed by atoms with van der Waals surface area (Å²) in [5.41, 5.74) is 6.75. The van der Waals surface area contributed by atoms with Gasteiger partial charge in [0.15, 0.2) is 6.29 Å². The smallest absolute Gasteiger partial charge is 0.251 e. The number of thioether (sulfide) groups is 1. The van der Waals surface area contributed by atoms with Crippen LogP contribution >= 0.6 is 11.8 Å². The summed E-state index contributed by atoms with van der Waals surface area (Å²) >= 11 is 1.80. The molecule has 0 spiro atoms. The molecule has 4 atom stereocenters. The van der Waals surface area contributed by atoms with E-state index in [0.29, 0.717) is 12.1 Å². The summed E-state index contributed by atoms with van der Waals surface area (Å²) in [7, 11) is 0. The van der Waals surface area contributed by atoms with Gasteiger partial charge in [0.1, 0.15) is 0 Å². The third-order valence-electron chi connectivity index (χ3n) is 8.21. The highest BCUT2D eigenvalue weighted by molar-refractivity contribution is 7.99. The normalized spacial score (nSPS) is 19.6. The molecule has 0 saturated carbocycles. The van der Waals surface area contributed by atoms with Crippen molar-refractivity contribution >= 4 is 17.7 Å². The van der Waals surface area contributed by atoms with Gasteiger partial charge in [-0.3, -0.25) is 4.79 Å². The van der Waals surface area contributed by atoms with Crippen molar-refractivity contribution in [2.75, 3.05) is 5.75 Å². The molecule has 0 bridgehead atoms. The summed E-state index contributed by atoms with van der Waals surface area (Å²) < 4.78 is 13.3. The van der Waals surface area contributed by atoms with Crippen LogP contribution in [0.5, 0.6) is 0 Å². The van der Waals surface area contributed by atoms with E-state index in [2.05, 4.69) is 85.0 Å². The number of amides is 1. The van der Waals surface area contributed by atoms with Gasteiger partial charge >= 0.3 is 0 Å². The Hall–Kier alpha value is -4.20. The molecule has 1 aliphatic rings. The first-order valence-electron chi connectivity index (χ1n) is 15.3. The molecular weight excluding hydrogens is 578 g/mol. The third-order valence-corrected chi connectivity index (χ3v) is 9.31. The molecule has 0 aliphatic carbocycles. The van der Waals surface area contributed by atoms with E-state index >= 15 is 0 Å². The average molecular weight is 616 g/mol. The first-order valence-corrected chi connectivity index (χ1v) is 16.3. The molecule has 1 aliphatic heterocycles. The van der Waals surface area contributed by atoms with E-state index in [9.17, 15) is 9.90 Å². The van der Waals surface area contributed by atoms with Crippen molar-refractivity contribution in [2.45, 2.75) is 43.5 Å². The molecule has 0 aromatic heterocycles. The Morgan fingerprint density at radius 2 is 1.42 bits per heavy atom. The van der Waals surface area contributed by atoms with Gasteiger partial charge in [0.25, 0.3) is 5.91 Å². The van der Waals surface area contributed by atoms with E-state index in [1.165, 1.54) is 4.90 Å². The van der Waals surface area contributed by atoms with E-state index in [1.807, 2.05) is 60.7 Å². The lowest BCUT2D eigenvalue weighted by Gasteiger charge is -2.41. The number of carbonyl (C=O) groups excluding carboxylic acids is 1. The van der Waals surface area contributed by atoms with E-state index in [1.54, 1.807) is 11.8 Å². The molecule has 0 radical (unpaired) electrons. The maximum absolute atomic E-state index is 12.5. The maximum Gasteiger partial charge on any atom is 0.251 e. The molecule has 6 heteroatoms. The Kier molecular flexibility index (Phi) is 10.1. The van der Waals surface area contributed by atoms with Crippen molar-refractivity contribution < 1.29 is 19.4 Å². The fraction of sp³-hybridized carbons (Fsp3) is 0.205. The lowest BCUT2D eigenvalue weighted by Crippen LogP contribution is -2.38. The SMILES string of the molecule is C[C@H]1[C@@H](CSc2ccccc2)O[C@@H](c2ccc(-c3cccc(CNC(=O)c4ccccc4)c3)cc2)O[C@H]1c1ccc(CO)cc1. The van der Waals surface area contributed by atoms with Crippen LogP contribution in [0.25, 0.3) is 11.1 Å². The number of nitrogens with one attached hydrogen (secondary N) is 1. The Bertz CT molecular complexity index is 1680. The van der Waals surface area contributed by atoms with Crippen molar-refractivity contribution in [1.29, 1.82) is 0 Å². The number of hydrogen-bond acceptors (Lipinski definition) is 5. The lowest BCUT2D eigenvalue weighted by molar-refractivity contribution is -0.268. The molecule has 45 heavy (non-hydrogen) atoms. The molecule has 1 saturated heterocycles. The molecule has 1 amide bonds. The minimum absolute atomic E-state index is 0.0149. The quantitative estimate of drug-likeness (QED) is 0.155. The molecule has 1 heterocycles. The predicted octanol–water partition coefficient (Wildman–Crippen LogP) is 8.36. The second-order valence-electron chi connectivity index (χ2n) is 11.3. The summed E-state index contributed by atoms with van der Waals surface area (Å²) in [6, 6.07) is 44.2. The van der Waals surface area contributed by atoms with Gasteiger partial charge in [-0.1, -0.05) is 110 Å². The standard InChI is InChI=1S/C39H37NO4S/c1-27-36(26-45-35-13-6-3-7-14-35)43-39(44-37(27)31-17-15-28(25-41)16-18-31)33-21-19-30(20-22-33)34-12-8-9-29(23-34)24-40-38(42)32-10-4-2-5-11-32/h2-23,27,36-37,39,41H,24-26H2,1H3,(H,40,42)/t27-,36+,37+,39+/m0/s1. The molecular formula is C39H37NO4S. The second kappa shape index (κ2) is 14.7. The zero-order chi connectivity index (χ0) is 31.0. The van der Waals surface area contributed by atoms with Crippen LogP contribution in [-0.4, -0.2) is 22.9 Å². The van der Waals surface area contributed by atoms with Gasteiger partial charge in [-0.25, -0.2) is 0 Å². The second-order valence-corrected chi connectivity index (χ2v) is 12.4. The minimum Gasteiger partial charge on any atom is -0.392 e. The first kappa shape index (κ1) is 30.8. The molecule has 5 nitrogen and oxygen atoms in total. The summed E-state index contributed by atoms with van der Waals surface area (Å²) in [6.07, 6.45) is -0.696. The lowest BCUT2D eigenvalue weighted by atomic mass is 9.91. The van der Waals surface area contributed by atoms with Crippen LogP contribution in [0.2, 0.25) is 0 Å². The Labute approximate surface area is 269 Å². The number of aliphatic hydroxyl groups is 1. The minimum atomic E-state index is -0.515. The Morgan fingerprint density at radius 3 is 2.13 bits per heavy atom. The maximum atomic E-state index is 12.5. The number of hydrogen-bond donors (Lipinski definition) is 2. The van der Waals surface area contributed by atoms with Crippen LogP contribution in [0, 0.1) is 5.92 Å².